The highest BCUT2D eigenvalue weighted by atomic mass is 14.9. The van der Waals surface area contributed by atoms with Crippen molar-refractivity contribution in [2.45, 2.75) is 45.6 Å². The third kappa shape index (κ3) is 3.04. The average Bonchev–Trinajstić information content (AvgIpc) is 2.43. The molecule has 96 valence electrons. The van der Waals surface area contributed by atoms with Crippen LogP contribution in [0.1, 0.15) is 39.5 Å². The van der Waals surface area contributed by atoms with Crippen molar-refractivity contribution in [1.29, 1.82) is 0 Å². The molecular weight excluding hydrogens is 218 g/mol. The number of rotatable bonds is 6. The number of hydrogen-bond acceptors (Lipinski definition) is 1. The average molecular weight is 241 g/mol. The first-order valence-electron chi connectivity index (χ1n) is 7.09. The molecule has 2 aromatic rings. The normalized spacial score (nSPS) is 12.6. The summed E-state index contributed by atoms with van der Waals surface area (Å²) in [5.41, 5.74) is 1.27. The summed E-state index contributed by atoms with van der Waals surface area (Å²) in [6.45, 7) is 4.52. The van der Waals surface area contributed by atoms with Crippen LogP contribution in [0.4, 0.5) is 5.69 Å². The molecule has 0 fully saturated rings. The van der Waals surface area contributed by atoms with Crippen molar-refractivity contribution in [2.75, 3.05) is 5.32 Å². The van der Waals surface area contributed by atoms with E-state index in [1.54, 1.807) is 0 Å². The minimum atomic E-state index is 0.593. The zero-order valence-corrected chi connectivity index (χ0v) is 11.4. The molecule has 1 N–H and O–H groups in total. The van der Waals surface area contributed by atoms with Gasteiger partial charge in [0.05, 0.1) is 0 Å². The Hall–Kier alpha value is -1.50. The molecular formula is C17H23N. The van der Waals surface area contributed by atoms with Crippen molar-refractivity contribution in [3.8, 4) is 0 Å². The van der Waals surface area contributed by atoms with Gasteiger partial charge in [-0.25, -0.2) is 0 Å². The first kappa shape index (κ1) is 12.9. The van der Waals surface area contributed by atoms with Crippen molar-refractivity contribution in [3.63, 3.8) is 0 Å². The number of fused-ring (bicyclic) bond motifs is 1. The quantitative estimate of drug-likeness (QED) is 0.731. The predicted molar refractivity (Wildman–Crippen MR) is 81.2 cm³/mol. The van der Waals surface area contributed by atoms with Gasteiger partial charge in [-0.15, -0.1) is 0 Å². The topological polar surface area (TPSA) is 12.0 Å². The van der Waals surface area contributed by atoms with E-state index < -0.39 is 0 Å². The lowest BCUT2D eigenvalue weighted by Crippen LogP contribution is -2.18. The van der Waals surface area contributed by atoms with Crippen LogP contribution in [-0.2, 0) is 0 Å². The highest BCUT2D eigenvalue weighted by Crippen LogP contribution is 2.24. The summed E-state index contributed by atoms with van der Waals surface area (Å²) in [5.74, 6) is 0. The molecule has 2 rings (SSSR count). The Morgan fingerprint density at radius 1 is 1.00 bits per heavy atom. The van der Waals surface area contributed by atoms with Gasteiger partial charge in [0.25, 0.3) is 0 Å². The van der Waals surface area contributed by atoms with Crippen LogP contribution in [-0.4, -0.2) is 6.04 Å². The molecule has 0 amide bonds. The lowest BCUT2D eigenvalue weighted by atomic mass is 10.0. The van der Waals surface area contributed by atoms with Gasteiger partial charge < -0.3 is 5.32 Å². The molecule has 1 unspecified atom stereocenters. The van der Waals surface area contributed by atoms with Crippen LogP contribution in [0.25, 0.3) is 10.8 Å². The monoisotopic (exact) mass is 241 g/mol. The largest absolute Gasteiger partial charge is 0.382 e. The van der Waals surface area contributed by atoms with Gasteiger partial charge in [0.2, 0.25) is 0 Å². The molecule has 18 heavy (non-hydrogen) atoms. The molecule has 1 heteroatoms. The van der Waals surface area contributed by atoms with Crippen molar-refractivity contribution in [2.24, 2.45) is 0 Å². The number of unbranched alkanes of at least 4 members (excludes halogenated alkanes) is 1. The van der Waals surface area contributed by atoms with Gasteiger partial charge in [0.15, 0.2) is 0 Å². The summed E-state index contributed by atoms with van der Waals surface area (Å²) in [7, 11) is 0. The van der Waals surface area contributed by atoms with Crippen LogP contribution >= 0.6 is 0 Å². The Labute approximate surface area is 110 Å². The van der Waals surface area contributed by atoms with Crippen LogP contribution in [0.2, 0.25) is 0 Å². The van der Waals surface area contributed by atoms with Gasteiger partial charge in [-0.05, 0) is 24.3 Å². The summed E-state index contributed by atoms with van der Waals surface area (Å²) in [6.07, 6.45) is 5.02. The molecule has 0 aliphatic carbocycles. The molecule has 0 saturated carbocycles. The zero-order valence-electron chi connectivity index (χ0n) is 11.4. The number of nitrogens with one attached hydrogen (secondary N) is 1. The maximum absolute atomic E-state index is 3.71. The van der Waals surface area contributed by atoms with E-state index in [0.717, 1.165) is 0 Å². The Morgan fingerprint density at radius 3 is 2.56 bits per heavy atom. The number of benzene rings is 2. The fourth-order valence-corrected chi connectivity index (χ4v) is 2.40. The SMILES string of the molecule is CCCCC(CC)Nc1cccc2ccccc12. The second kappa shape index (κ2) is 6.44. The number of anilines is 1. The van der Waals surface area contributed by atoms with E-state index in [1.807, 2.05) is 0 Å². The number of hydrogen-bond donors (Lipinski definition) is 1. The van der Waals surface area contributed by atoms with Gasteiger partial charge in [-0.2, -0.15) is 0 Å². The van der Waals surface area contributed by atoms with E-state index >= 15 is 0 Å². The third-order valence-electron chi connectivity index (χ3n) is 3.55. The molecule has 0 spiro atoms. The molecule has 0 saturated heterocycles. The van der Waals surface area contributed by atoms with E-state index in [-0.39, 0.29) is 0 Å². The Balaban J connectivity index is 2.19. The lowest BCUT2D eigenvalue weighted by Gasteiger charge is -2.19. The summed E-state index contributed by atoms with van der Waals surface area (Å²) in [6, 6.07) is 15.7. The molecule has 0 aliphatic heterocycles. The standard InChI is InChI=1S/C17H23N/c1-3-5-11-15(4-2)18-17-13-8-10-14-9-6-7-12-16(14)17/h6-10,12-13,15,18H,3-5,11H2,1-2H3. The second-order valence-electron chi connectivity index (χ2n) is 4.92. The van der Waals surface area contributed by atoms with Crippen LogP contribution in [0, 0.1) is 0 Å². The summed E-state index contributed by atoms with van der Waals surface area (Å²) in [5, 5.41) is 6.35. The van der Waals surface area contributed by atoms with E-state index in [2.05, 4.69) is 61.6 Å². The Kier molecular flexibility index (Phi) is 4.63. The molecule has 0 heterocycles. The molecule has 0 aliphatic rings. The van der Waals surface area contributed by atoms with Crippen molar-refractivity contribution in [3.05, 3.63) is 42.5 Å². The predicted octanol–water partition coefficient (Wildman–Crippen LogP) is 5.22. The molecule has 0 radical (unpaired) electrons. The van der Waals surface area contributed by atoms with Gasteiger partial charge in [-0.1, -0.05) is 63.1 Å². The van der Waals surface area contributed by atoms with Gasteiger partial charge in [0, 0.05) is 17.1 Å². The van der Waals surface area contributed by atoms with Crippen LogP contribution < -0.4 is 5.32 Å². The van der Waals surface area contributed by atoms with E-state index in [9.17, 15) is 0 Å². The third-order valence-corrected chi connectivity index (χ3v) is 3.55. The summed E-state index contributed by atoms with van der Waals surface area (Å²) in [4.78, 5) is 0. The highest BCUT2D eigenvalue weighted by molar-refractivity contribution is 5.93. The minimum absolute atomic E-state index is 0.593. The fraction of sp³-hybridized carbons (Fsp3) is 0.412. The van der Waals surface area contributed by atoms with Crippen LogP contribution in [0.3, 0.4) is 0 Å². The van der Waals surface area contributed by atoms with Crippen molar-refractivity contribution >= 4 is 16.5 Å². The molecule has 1 atom stereocenters. The summed E-state index contributed by atoms with van der Waals surface area (Å²) >= 11 is 0. The van der Waals surface area contributed by atoms with Crippen molar-refractivity contribution in [1.82, 2.24) is 0 Å². The first-order chi connectivity index (χ1) is 8.85. The zero-order chi connectivity index (χ0) is 12.8. The molecule has 1 nitrogen and oxygen atoms in total. The molecule has 2 aromatic carbocycles. The second-order valence-corrected chi connectivity index (χ2v) is 4.92. The lowest BCUT2D eigenvalue weighted by molar-refractivity contribution is 0.594. The van der Waals surface area contributed by atoms with Crippen molar-refractivity contribution < 1.29 is 0 Å². The first-order valence-corrected chi connectivity index (χ1v) is 7.09. The van der Waals surface area contributed by atoms with Crippen LogP contribution in [0.15, 0.2) is 42.5 Å². The maximum Gasteiger partial charge on any atom is 0.0422 e. The van der Waals surface area contributed by atoms with E-state index in [4.69, 9.17) is 0 Å². The van der Waals surface area contributed by atoms with Gasteiger partial charge in [-0.3, -0.25) is 0 Å². The van der Waals surface area contributed by atoms with Crippen LogP contribution in [0.5, 0.6) is 0 Å². The minimum Gasteiger partial charge on any atom is -0.382 e. The van der Waals surface area contributed by atoms with Gasteiger partial charge in [0.1, 0.15) is 0 Å². The fourth-order valence-electron chi connectivity index (χ4n) is 2.40. The van der Waals surface area contributed by atoms with E-state index in [0.29, 0.717) is 6.04 Å². The van der Waals surface area contributed by atoms with Gasteiger partial charge >= 0.3 is 0 Å². The summed E-state index contributed by atoms with van der Waals surface area (Å²) < 4.78 is 0. The Morgan fingerprint density at radius 2 is 1.78 bits per heavy atom. The molecule has 0 aromatic heterocycles. The molecule has 0 bridgehead atoms. The highest BCUT2D eigenvalue weighted by Gasteiger charge is 2.07. The van der Waals surface area contributed by atoms with E-state index in [1.165, 1.54) is 42.1 Å². The smallest absolute Gasteiger partial charge is 0.0422 e. The maximum atomic E-state index is 3.71. The Bertz CT molecular complexity index is 484.